The Bertz CT molecular complexity index is 581. The molecule has 0 atom stereocenters. The summed E-state index contributed by atoms with van der Waals surface area (Å²) in [4.78, 5) is 13.0. The van der Waals surface area contributed by atoms with Gasteiger partial charge in [0.05, 0.1) is 0 Å². The van der Waals surface area contributed by atoms with E-state index in [-0.39, 0.29) is 5.91 Å². The highest BCUT2D eigenvalue weighted by Crippen LogP contribution is 2.19. The SMILES string of the molecule is CSc1cccc(NC(=O)CCc2ccc(N)cc2)c1. The minimum absolute atomic E-state index is 0.0279. The molecule has 0 heterocycles. The zero-order valence-electron chi connectivity index (χ0n) is 11.4. The maximum Gasteiger partial charge on any atom is 0.224 e. The topological polar surface area (TPSA) is 55.1 Å². The van der Waals surface area contributed by atoms with Crippen molar-refractivity contribution in [2.24, 2.45) is 0 Å². The molecule has 2 rings (SSSR count). The molecular formula is C16H18N2OS. The molecule has 0 aromatic heterocycles. The fourth-order valence-electron chi connectivity index (χ4n) is 1.87. The van der Waals surface area contributed by atoms with Crippen molar-refractivity contribution in [2.45, 2.75) is 17.7 Å². The van der Waals surface area contributed by atoms with Gasteiger partial charge in [-0.15, -0.1) is 11.8 Å². The van der Waals surface area contributed by atoms with Gasteiger partial charge in [-0.3, -0.25) is 4.79 Å². The van der Waals surface area contributed by atoms with E-state index in [1.165, 1.54) is 0 Å². The Morgan fingerprint density at radius 2 is 1.95 bits per heavy atom. The summed E-state index contributed by atoms with van der Waals surface area (Å²) < 4.78 is 0. The van der Waals surface area contributed by atoms with E-state index in [4.69, 9.17) is 5.73 Å². The summed E-state index contributed by atoms with van der Waals surface area (Å²) in [5, 5.41) is 2.92. The fourth-order valence-corrected chi connectivity index (χ4v) is 2.33. The van der Waals surface area contributed by atoms with Crippen LogP contribution in [0.4, 0.5) is 11.4 Å². The summed E-state index contributed by atoms with van der Waals surface area (Å²) in [6.45, 7) is 0. The lowest BCUT2D eigenvalue weighted by atomic mass is 10.1. The van der Waals surface area contributed by atoms with Gasteiger partial charge >= 0.3 is 0 Å². The van der Waals surface area contributed by atoms with Crippen LogP contribution in [0, 0.1) is 0 Å². The van der Waals surface area contributed by atoms with E-state index < -0.39 is 0 Å². The molecule has 104 valence electrons. The van der Waals surface area contributed by atoms with Crippen molar-refractivity contribution in [3.8, 4) is 0 Å². The van der Waals surface area contributed by atoms with Gasteiger partial charge in [0.1, 0.15) is 0 Å². The minimum atomic E-state index is 0.0279. The summed E-state index contributed by atoms with van der Waals surface area (Å²) in [6, 6.07) is 15.5. The second-order valence-electron chi connectivity index (χ2n) is 4.52. The Morgan fingerprint density at radius 3 is 2.65 bits per heavy atom. The van der Waals surface area contributed by atoms with E-state index in [1.54, 1.807) is 11.8 Å². The minimum Gasteiger partial charge on any atom is -0.399 e. The second-order valence-corrected chi connectivity index (χ2v) is 5.40. The van der Waals surface area contributed by atoms with Crippen LogP contribution in [-0.4, -0.2) is 12.2 Å². The lowest BCUT2D eigenvalue weighted by molar-refractivity contribution is -0.116. The molecule has 0 aliphatic rings. The molecule has 1 amide bonds. The Morgan fingerprint density at radius 1 is 1.20 bits per heavy atom. The van der Waals surface area contributed by atoms with Gasteiger partial charge in [-0.25, -0.2) is 0 Å². The summed E-state index contributed by atoms with van der Waals surface area (Å²) in [7, 11) is 0. The number of amides is 1. The number of hydrogen-bond acceptors (Lipinski definition) is 3. The smallest absolute Gasteiger partial charge is 0.224 e. The third-order valence-corrected chi connectivity index (χ3v) is 3.70. The van der Waals surface area contributed by atoms with E-state index in [0.29, 0.717) is 12.8 Å². The van der Waals surface area contributed by atoms with E-state index in [1.807, 2.05) is 54.8 Å². The first-order valence-corrected chi connectivity index (χ1v) is 7.68. The van der Waals surface area contributed by atoms with Crippen molar-refractivity contribution < 1.29 is 4.79 Å². The van der Waals surface area contributed by atoms with Gasteiger partial charge in [-0.1, -0.05) is 18.2 Å². The van der Waals surface area contributed by atoms with Crippen LogP contribution < -0.4 is 11.1 Å². The molecule has 0 spiro atoms. The monoisotopic (exact) mass is 286 g/mol. The summed E-state index contributed by atoms with van der Waals surface area (Å²) in [6.07, 6.45) is 3.20. The number of hydrogen-bond donors (Lipinski definition) is 2. The highest BCUT2D eigenvalue weighted by molar-refractivity contribution is 7.98. The summed E-state index contributed by atoms with van der Waals surface area (Å²) in [5.74, 6) is 0.0279. The Labute approximate surface area is 123 Å². The van der Waals surface area contributed by atoms with Crippen molar-refractivity contribution in [1.29, 1.82) is 0 Å². The lowest BCUT2D eigenvalue weighted by Gasteiger charge is -2.07. The molecule has 2 aromatic rings. The number of carbonyl (C=O) groups is 1. The quantitative estimate of drug-likeness (QED) is 0.652. The fraction of sp³-hybridized carbons (Fsp3) is 0.188. The molecule has 0 unspecified atom stereocenters. The van der Waals surface area contributed by atoms with Crippen LogP contribution in [0.3, 0.4) is 0 Å². The van der Waals surface area contributed by atoms with Gasteiger partial charge in [0.15, 0.2) is 0 Å². The molecule has 2 aromatic carbocycles. The summed E-state index contributed by atoms with van der Waals surface area (Å²) >= 11 is 1.66. The number of rotatable bonds is 5. The van der Waals surface area contributed by atoms with Gasteiger partial charge < -0.3 is 11.1 Å². The highest BCUT2D eigenvalue weighted by Gasteiger charge is 2.04. The molecule has 0 fully saturated rings. The van der Waals surface area contributed by atoms with Crippen LogP contribution in [-0.2, 0) is 11.2 Å². The molecule has 0 saturated carbocycles. The molecule has 3 N–H and O–H groups in total. The van der Waals surface area contributed by atoms with Gasteiger partial charge in [-0.05, 0) is 48.6 Å². The van der Waals surface area contributed by atoms with Crippen LogP contribution >= 0.6 is 11.8 Å². The largest absolute Gasteiger partial charge is 0.399 e. The maximum absolute atomic E-state index is 11.9. The first kappa shape index (κ1) is 14.5. The number of thioether (sulfide) groups is 1. The van der Waals surface area contributed by atoms with Crippen molar-refractivity contribution in [1.82, 2.24) is 0 Å². The number of nitrogen functional groups attached to an aromatic ring is 1. The van der Waals surface area contributed by atoms with Gasteiger partial charge in [-0.2, -0.15) is 0 Å². The normalized spacial score (nSPS) is 10.2. The van der Waals surface area contributed by atoms with E-state index >= 15 is 0 Å². The molecule has 20 heavy (non-hydrogen) atoms. The molecule has 0 saturated heterocycles. The molecule has 0 radical (unpaired) electrons. The average Bonchev–Trinajstić information content (AvgIpc) is 2.47. The first-order valence-electron chi connectivity index (χ1n) is 6.46. The van der Waals surface area contributed by atoms with E-state index in [0.717, 1.165) is 21.8 Å². The average molecular weight is 286 g/mol. The number of nitrogens with one attached hydrogen (secondary N) is 1. The Balaban J connectivity index is 1.87. The van der Waals surface area contributed by atoms with Crippen LogP contribution in [0.5, 0.6) is 0 Å². The Hall–Kier alpha value is -1.94. The van der Waals surface area contributed by atoms with Crippen molar-refractivity contribution in [2.75, 3.05) is 17.3 Å². The zero-order chi connectivity index (χ0) is 14.4. The predicted molar refractivity (Wildman–Crippen MR) is 86.0 cm³/mol. The van der Waals surface area contributed by atoms with E-state index in [9.17, 15) is 4.79 Å². The van der Waals surface area contributed by atoms with Crippen LogP contribution in [0.1, 0.15) is 12.0 Å². The Kier molecular flexibility index (Phi) is 5.07. The molecule has 0 aliphatic carbocycles. The zero-order valence-corrected chi connectivity index (χ0v) is 12.2. The number of anilines is 2. The maximum atomic E-state index is 11.9. The first-order chi connectivity index (χ1) is 9.67. The van der Waals surface area contributed by atoms with Crippen LogP contribution in [0.15, 0.2) is 53.4 Å². The van der Waals surface area contributed by atoms with Gasteiger partial charge in [0.25, 0.3) is 0 Å². The lowest BCUT2D eigenvalue weighted by Crippen LogP contribution is -2.12. The number of nitrogens with two attached hydrogens (primary N) is 1. The third kappa shape index (κ3) is 4.31. The van der Waals surface area contributed by atoms with Crippen molar-refractivity contribution in [3.63, 3.8) is 0 Å². The van der Waals surface area contributed by atoms with E-state index in [2.05, 4.69) is 5.32 Å². The van der Waals surface area contributed by atoms with Crippen LogP contribution in [0.25, 0.3) is 0 Å². The van der Waals surface area contributed by atoms with Gasteiger partial charge in [0, 0.05) is 22.7 Å². The number of benzene rings is 2. The summed E-state index contributed by atoms with van der Waals surface area (Å²) in [5.41, 5.74) is 8.34. The number of carbonyl (C=O) groups excluding carboxylic acids is 1. The van der Waals surface area contributed by atoms with Crippen molar-refractivity contribution >= 4 is 29.0 Å². The second kappa shape index (κ2) is 7.01. The molecule has 4 heteroatoms. The molecule has 0 aliphatic heterocycles. The highest BCUT2D eigenvalue weighted by atomic mass is 32.2. The van der Waals surface area contributed by atoms with Gasteiger partial charge in [0.2, 0.25) is 5.91 Å². The molecule has 0 bridgehead atoms. The van der Waals surface area contributed by atoms with Crippen LogP contribution in [0.2, 0.25) is 0 Å². The molecule has 3 nitrogen and oxygen atoms in total. The molecular weight excluding hydrogens is 268 g/mol. The van der Waals surface area contributed by atoms with Crippen molar-refractivity contribution in [3.05, 3.63) is 54.1 Å². The standard InChI is InChI=1S/C16H18N2OS/c1-20-15-4-2-3-14(11-15)18-16(19)10-7-12-5-8-13(17)9-6-12/h2-6,8-9,11H,7,10,17H2,1H3,(H,18,19). The number of aryl methyl sites for hydroxylation is 1. The predicted octanol–water partition coefficient (Wildman–Crippen LogP) is 3.56. The third-order valence-electron chi connectivity index (χ3n) is 2.97.